The first-order valence-corrected chi connectivity index (χ1v) is 7.97. The van der Waals surface area contributed by atoms with Gasteiger partial charge in [-0.25, -0.2) is 0 Å². The Balaban J connectivity index is 2.73. The van der Waals surface area contributed by atoms with Crippen molar-refractivity contribution in [2.45, 2.75) is 19.4 Å². The second-order valence-electron chi connectivity index (χ2n) is 4.50. The number of amides is 1. The third-order valence-corrected chi connectivity index (χ3v) is 3.54. The van der Waals surface area contributed by atoms with Crippen LogP contribution in [0.25, 0.3) is 0 Å². The van der Waals surface area contributed by atoms with Gasteiger partial charge in [0, 0.05) is 6.54 Å². The van der Waals surface area contributed by atoms with E-state index in [2.05, 4.69) is 0 Å². The standard InChI is InChI=1S/C13H20N2O5S/c1-2-15(13(17)9-14-21(18,19)20)12(10-16)8-11-6-4-3-5-7-11/h3-7,12,14,16H,2,8-10H2,1H3,(H,18,19,20)/t12-/m0/s1. The van der Waals surface area contributed by atoms with Gasteiger partial charge in [0.15, 0.2) is 0 Å². The highest BCUT2D eigenvalue weighted by Crippen LogP contribution is 2.09. The molecule has 118 valence electrons. The van der Waals surface area contributed by atoms with Gasteiger partial charge < -0.3 is 10.0 Å². The van der Waals surface area contributed by atoms with Crippen LogP contribution in [0.3, 0.4) is 0 Å². The number of hydrogen-bond acceptors (Lipinski definition) is 4. The molecule has 1 aromatic carbocycles. The first-order chi connectivity index (χ1) is 9.87. The van der Waals surface area contributed by atoms with Crippen molar-refractivity contribution in [2.75, 3.05) is 19.7 Å². The average molecular weight is 316 g/mol. The molecule has 7 nitrogen and oxygen atoms in total. The maximum absolute atomic E-state index is 12.0. The lowest BCUT2D eigenvalue weighted by molar-refractivity contribution is -0.132. The average Bonchev–Trinajstić information content (AvgIpc) is 2.45. The minimum Gasteiger partial charge on any atom is -0.394 e. The van der Waals surface area contributed by atoms with Crippen LogP contribution in [-0.4, -0.2) is 54.6 Å². The van der Waals surface area contributed by atoms with Gasteiger partial charge in [-0.2, -0.15) is 13.1 Å². The van der Waals surface area contributed by atoms with Crippen molar-refractivity contribution in [3.63, 3.8) is 0 Å². The monoisotopic (exact) mass is 316 g/mol. The molecule has 0 bridgehead atoms. The third kappa shape index (κ3) is 6.21. The summed E-state index contributed by atoms with van der Waals surface area (Å²) in [6.07, 6.45) is 0.461. The topological polar surface area (TPSA) is 107 Å². The van der Waals surface area contributed by atoms with Crippen molar-refractivity contribution in [1.29, 1.82) is 0 Å². The molecule has 0 spiro atoms. The van der Waals surface area contributed by atoms with E-state index in [4.69, 9.17) is 4.55 Å². The molecule has 0 aromatic heterocycles. The zero-order chi connectivity index (χ0) is 15.9. The first kappa shape index (κ1) is 17.6. The van der Waals surface area contributed by atoms with Gasteiger partial charge >= 0.3 is 10.3 Å². The summed E-state index contributed by atoms with van der Waals surface area (Å²) in [6.45, 7) is 1.28. The van der Waals surface area contributed by atoms with E-state index >= 15 is 0 Å². The molecular weight excluding hydrogens is 296 g/mol. The zero-order valence-electron chi connectivity index (χ0n) is 11.8. The molecule has 0 aliphatic heterocycles. The van der Waals surface area contributed by atoms with Gasteiger partial charge in [0.1, 0.15) is 0 Å². The van der Waals surface area contributed by atoms with Crippen molar-refractivity contribution in [3.8, 4) is 0 Å². The lowest BCUT2D eigenvalue weighted by atomic mass is 10.1. The smallest absolute Gasteiger partial charge is 0.333 e. The summed E-state index contributed by atoms with van der Waals surface area (Å²) in [5.41, 5.74) is 0.963. The molecule has 0 heterocycles. The molecule has 0 saturated heterocycles. The van der Waals surface area contributed by atoms with Crippen LogP contribution in [0, 0.1) is 0 Å². The molecule has 21 heavy (non-hydrogen) atoms. The quantitative estimate of drug-likeness (QED) is 0.577. The fourth-order valence-corrected chi connectivity index (χ4v) is 2.36. The number of aliphatic hydroxyl groups is 1. The van der Waals surface area contributed by atoms with Crippen LogP contribution in [0.15, 0.2) is 30.3 Å². The Kier molecular flexibility index (Phi) is 6.76. The summed E-state index contributed by atoms with van der Waals surface area (Å²) in [4.78, 5) is 13.4. The minimum absolute atomic E-state index is 0.236. The Morgan fingerprint density at radius 1 is 1.33 bits per heavy atom. The van der Waals surface area contributed by atoms with Gasteiger partial charge in [-0.3, -0.25) is 9.35 Å². The molecular formula is C13H20N2O5S. The Hall–Kier alpha value is -1.48. The van der Waals surface area contributed by atoms with Gasteiger partial charge in [0.25, 0.3) is 0 Å². The van der Waals surface area contributed by atoms with Crippen LogP contribution in [0.2, 0.25) is 0 Å². The SMILES string of the molecule is CCN(C(=O)CNS(=O)(=O)O)[C@H](CO)Cc1ccccc1. The molecule has 0 aliphatic carbocycles. The Morgan fingerprint density at radius 3 is 2.43 bits per heavy atom. The summed E-state index contributed by atoms with van der Waals surface area (Å²) >= 11 is 0. The Bertz CT molecular complexity index is 547. The number of nitrogens with zero attached hydrogens (tertiary/aromatic N) is 1. The summed E-state index contributed by atoms with van der Waals surface area (Å²) < 4.78 is 31.5. The second kappa shape index (κ2) is 8.08. The second-order valence-corrected chi connectivity index (χ2v) is 5.74. The van der Waals surface area contributed by atoms with Crippen LogP contribution in [0.5, 0.6) is 0 Å². The number of likely N-dealkylation sites (N-methyl/N-ethyl adjacent to an activating group) is 1. The molecule has 0 fully saturated rings. The van der Waals surface area contributed by atoms with Gasteiger partial charge in [-0.1, -0.05) is 30.3 Å². The normalized spacial score (nSPS) is 12.9. The molecule has 8 heteroatoms. The van der Waals surface area contributed by atoms with Crippen LogP contribution < -0.4 is 4.72 Å². The van der Waals surface area contributed by atoms with E-state index < -0.39 is 28.8 Å². The fraction of sp³-hybridized carbons (Fsp3) is 0.462. The van der Waals surface area contributed by atoms with Crippen molar-refractivity contribution >= 4 is 16.2 Å². The van der Waals surface area contributed by atoms with E-state index in [1.54, 1.807) is 11.6 Å². The number of nitrogens with one attached hydrogen (secondary N) is 1. The van der Waals surface area contributed by atoms with Crippen molar-refractivity contribution in [1.82, 2.24) is 9.62 Å². The molecule has 0 radical (unpaired) electrons. The summed E-state index contributed by atoms with van der Waals surface area (Å²) in [7, 11) is -4.41. The van der Waals surface area contributed by atoms with Gasteiger partial charge in [-0.05, 0) is 18.9 Å². The van der Waals surface area contributed by atoms with Crippen LogP contribution >= 0.6 is 0 Å². The molecule has 1 rings (SSSR count). The Morgan fingerprint density at radius 2 is 1.95 bits per heavy atom. The van der Waals surface area contributed by atoms with Crippen LogP contribution in [0.4, 0.5) is 0 Å². The van der Waals surface area contributed by atoms with E-state index in [1.807, 2.05) is 30.3 Å². The lowest BCUT2D eigenvalue weighted by Crippen LogP contribution is -2.47. The summed E-state index contributed by atoms with van der Waals surface area (Å²) in [5, 5.41) is 9.48. The van der Waals surface area contributed by atoms with Gasteiger partial charge in [-0.15, -0.1) is 0 Å². The van der Waals surface area contributed by atoms with E-state index in [-0.39, 0.29) is 6.61 Å². The number of aliphatic hydroxyl groups excluding tert-OH is 1. The summed E-state index contributed by atoms with van der Waals surface area (Å²) in [6, 6.07) is 8.92. The number of carbonyl (C=O) groups is 1. The molecule has 1 amide bonds. The van der Waals surface area contributed by atoms with Crippen molar-refractivity contribution in [3.05, 3.63) is 35.9 Å². The molecule has 1 aromatic rings. The largest absolute Gasteiger partial charge is 0.394 e. The lowest BCUT2D eigenvalue weighted by Gasteiger charge is -2.29. The van der Waals surface area contributed by atoms with Crippen molar-refractivity contribution < 1.29 is 22.9 Å². The number of carbonyl (C=O) groups excluding carboxylic acids is 1. The highest BCUT2D eigenvalue weighted by molar-refractivity contribution is 7.83. The number of rotatable bonds is 8. The maximum Gasteiger partial charge on any atom is 0.333 e. The summed E-state index contributed by atoms with van der Waals surface area (Å²) in [5.74, 6) is -0.509. The molecule has 0 unspecified atom stereocenters. The third-order valence-electron chi connectivity index (χ3n) is 3.03. The van der Waals surface area contributed by atoms with Gasteiger partial charge in [0.05, 0.1) is 19.2 Å². The first-order valence-electron chi connectivity index (χ1n) is 6.53. The van der Waals surface area contributed by atoms with Crippen LogP contribution in [-0.2, 0) is 21.5 Å². The minimum atomic E-state index is -4.41. The van der Waals surface area contributed by atoms with E-state index in [9.17, 15) is 18.3 Å². The molecule has 1 atom stereocenters. The molecule has 0 aliphatic rings. The van der Waals surface area contributed by atoms with E-state index in [0.29, 0.717) is 13.0 Å². The highest BCUT2D eigenvalue weighted by atomic mass is 32.2. The number of benzene rings is 1. The van der Waals surface area contributed by atoms with E-state index in [1.165, 1.54) is 4.90 Å². The zero-order valence-corrected chi connectivity index (χ0v) is 12.6. The van der Waals surface area contributed by atoms with Gasteiger partial charge in [0.2, 0.25) is 5.91 Å². The fourth-order valence-electron chi connectivity index (χ4n) is 2.05. The highest BCUT2D eigenvalue weighted by Gasteiger charge is 2.22. The van der Waals surface area contributed by atoms with Crippen LogP contribution in [0.1, 0.15) is 12.5 Å². The molecule has 0 saturated carbocycles. The van der Waals surface area contributed by atoms with E-state index in [0.717, 1.165) is 5.56 Å². The maximum atomic E-state index is 12.0. The van der Waals surface area contributed by atoms with Crippen molar-refractivity contribution in [2.24, 2.45) is 0 Å². The predicted octanol–water partition coefficient (Wildman–Crippen LogP) is -0.169. The predicted molar refractivity (Wildman–Crippen MR) is 78.0 cm³/mol. The Labute approximate surface area is 124 Å². The number of hydrogen-bond donors (Lipinski definition) is 3. The molecule has 3 N–H and O–H groups in total.